The Hall–Kier alpha value is -1.18. The lowest BCUT2D eigenvalue weighted by Crippen LogP contribution is -2.26. The molecule has 2 nitrogen and oxygen atoms in total. The van der Waals surface area contributed by atoms with Crippen molar-refractivity contribution in [1.29, 1.82) is 0 Å². The summed E-state index contributed by atoms with van der Waals surface area (Å²) >= 11 is 0. The van der Waals surface area contributed by atoms with Crippen LogP contribution >= 0.6 is 0 Å². The van der Waals surface area contributed by atoms with Gasteiger partial charge in [-0.05, 0) is 43.7 Å². The standard InChI is InChI=1S/C15H23NO/c1-3-12-8-10-13(11-9-12)16-14-6-4-5-7-15(14)17-2/h4-7,12-13,16H,3,8-11H2,1-2H3. The topological polar surface area (TPSA) is 21.3 Å². The van der Waals surface area contributed by atoms with Gasteiger partial charge in [0.2, 0.25) is 0 Å². The Morgan fingerprint density at radius 3 is 2.53 bits per heavy atom. The van der Waals surface area contributed by atoms with Crippen LogP contribution in [-0.4, -0.2) is 13.2 Å². The fourth-order valence-electron chi connectivity index (χ4n) is 2.70. The van der Waals surface area contributed by atoms with Gasteiger partial charge >= 0.3 is 0 Å². The van der Waals surface area contributed by atoms with Crippen LogP contribution in [0.1, 0.15) is 39.0 Å². The Morgan fingerprint density at radius 1 is 1.18 bits per heavy atom. The highest BCUT2D eigenvalue weighted by Crippen LogP contribution is 2.31. The normalized spacial score (nSPS) is 24.4. The van der Waals surface area contributed by atoms with Gasteiger partial charge in [-0.3, -0.25) is 0 Å². The Balaban J connectivity index is 1.93. The minimum absolute atomic E-state index is 0.620. The number of para-hydroxylation sites is 2. The molecular formula is C15H23NO. The summed E-state index contributed by atoms with van der Waals surface area (Å²) in [5.41, 5.74) is 1.13. The first-order valence-corrected chi connectivity index (χ1v) is 6.73. The van der Waals surface area contributed by atoms with E-state index in [2.05, 4.69) is 24.4 Å². The van der Waals surface area contributed by atoms with Crippen LogP contribution in [0.3, 0.4) is 0 Å². The lowest BCUT2D eigenvalue weighted by molar-refractivity contribution is 0.329. The molecule has 0 spiro atoms. The molecule has 2 heteroatoms. The molecule has 1 aliphatic carbocycles. The van der Waals surface area contributed by atoms with Crippen molar-refractivity contribution >= 4 is 5.69 Å². The van der Waals surface area contributed by atoms with E-state index in [-0.39, 0.29) is 0 Å². The van der Waals surface area contributed by atoms with E-state index in [9.17, 15) is 0 Å². The lowest BCUT2D eigenvalue weighted by atomic mass is 9.84. The maximum atomic E-state index is 5.37. The molecule has 1 aromatic rings. The average Bonchev–Trinajstić information content (AvgIpc) is 2.40. The van der Waals surface area contributed by atoms with Gasteiger partial charge in [-0.1, -0.05) is 25.5 Å². The number of nitrogens with one attached hydrogen (secondary N) is 1. The second kappa shape index (κ2) is 5.95. The molecule has 0 unspecified atom stereocenters. The van der Waals surface area contributed by atoms with E-state index in [1.807, 2.05) is 12.1 Å². The van der Waals surface area contributed by atoms with E-state index < -0.39 is 0 Å². The number of benzene rings is 1. The van der Waals surface area contributed by atoms with Gasteiger partial charge < -0.3 is 10.1 Å². The zero-order chi connectivity index (χ0) is 12.1. The largest absolute Gasteiger partial charge is 0.495 e. The molecule has 1 fully saturated rings. The second-order valence-corrected chi connectivity index (χ2v) is 4.97. The highest BCUT2D eigenvalue weighted by atomic mass is 16.5. The summed E-state index contributed by atoms with van der Waals surface area (Å²) in [4.78, 5) is 0. The van der Waals surface area contributed by atoms with Crippen LogP contribution in [0.5, 0.6) is 5.75 Å². The van der Waals surface area contributed by atoms with E-state index in [1.165, 1.54) is 32.1 Å². The molecule has 0 aliphatic heterocycles. The Kier molecular flexibility index (Phi) is 4.29. The van der Waals surface area contributed by atoms with E-state index in [0.29, 0.717) is 6.04 Å². The van der Waals surface area contributed by atoms with Crippen LogP contribution in [0.15, 0.2) is 24.3 Å². The van der Waals surface area contributed by atoms with E-state index in [4.69, 9.17) is 4.74 Å². The highest BCUT2D eigenvalue weighted by molar-refractivity contribution is 5.56. The van der Waals surface area contributed by atoms with Crippen LogP contribution in [-0.2, 0) is 0 Å². The number of hydrogen-bond donors (Lipinski definition) is 1. The van der Waals surface area contributed by atoms with Crippen molar-refractivity contribution in [3.05, 3.63) is 24.3 Å². The van der Waals surface area contributed by atoms with E-state index in [1.54, 1.807) is 7.11 Å². The molecule has 94 valence electrons. The molecule has 2 rings (SSSR count). The molecule has 0 bridgehead atoms. The molecule has 0 aromatic heterocycles. The summed E-state index contributed by atoms with van der Waals surface area (Å²) in [6.45, 7) is 2.30. The van der Waals surface area contributed by atoms with Crippen LogP contribution in [0, 0.1) is 5.92 Å². The first kappa shape index (κ1) is 12.3. The zero-order valence-electron chi connectivity index (χ0n) is 10.9. The molecule has 0 amide bonds. The monoisotopic (exact) mass is 233 g/mol. The molecule has 0 radical (unpaired) electrons. The molecule has 1 N–H and O–H groups in total. The number of hydrogen-bond acceptors (Lipinski definition) is 2. The second-order valence-electron chi connectivity index (χ2n) is 4.97. The predicted octanol–water partition coefficient (Wildman–Crippen LogP) is 4.08. The van der Waals surface area contributed by atoms with Gasteiger partial charge in [-0.2, -0.15) is 0 Å². The first-order valence-electron chi connectivity index (χ1n) is 6.73. The molecule has 1 saturated carbocycles. The van der Waals surface area contributed by atoms with Crippen molar-refractivity contribution in [2.24, 2.45) is 5.92 Å². The summed E-state index contributed by atoms with van der Waals surface area (Å²) in [7, 11) is 1.73. The van der Waals surface area contributed by atoms with Gasteiger partial charge in [0.25, 0.3) is 0 Å². The number of rotatable bonds is 4. The van der Waals surface area contributed by atoms with Gasteiger partial charge in [0.05, 0.1) is 12.8 Å². The minimum atomic E-state index is 0.620. The zero-order valence-corrected chi connectivity index (χ0v) is 10.9. The van der Waals surface area contributed by atoms with E-state index in [0.717, 1.165) is 17.4 Å². The van der Waals surface area contributed by atoms with Gasteiger partial charge in [0, 0.05) is 6.04 Å². The van der Waals surface area contributed by atoms with Gasteiger partial charge in [0.1, 0.15) is 5.75 Å². The van der Waals surface area contributed by atoms with Crippen molar-refractivity contribution in [2.75, 3.05) is 12.4 Å². The molecule has 0 heterocycles. The summed E-state index contributed by atoms with van der Waals surface area (Å²) < 4.78 is 5.37. The molecular weight excluding hydrogens is 210 g/mol. The van der Waals surface area contributed by atoms with Crippen molar-refractivity contribution < 1.29 is 4.74 Å². The Morgan fingerprint density at radius 2 is 1.88 bits per heavy atom. The van der Waals surface area contributed by atoms with Crippen molar-refractivity contribution in [3.8, 4) is 5.75 Å². The Bertz CT molecular complexity index is 343. The summed E-state index contributed by atoms with van der Waals surface area (Å²) in [6.07, 6.45) is 6.64. The average molecular weight is 233 g/mol. The maximum Gasteiger partial charge on any atom is 0.141 e. The molecule has 0 saturated heterocycles. The molecule has 1 aromatic carbocycles. The number of anilines is 1. The summed E-state index contributed by atoms with van der Waals surface area (Å²) in [5, 5.41) is 3.62. The van der Waals surface area contributed by atoms with Crippen LogP contribution in [0.2, 0.25) is 0 Å². The fourth-order valence-corrected chi connectivity index (χ4v) is 2.70. The third-order valence-electron chi connectivity index (χ3n) is 3.89. The highest BCUT2D eigenvalue weighted by Gasteiger charge is 2.20. The van der Waals surface area contributed by atoms with Crippen LogP contribution < -0.4 is 10.1 Å². The van der Waals surface area contributed by atoms with Crippen molar-refractivity contribution in [3.63, 3.8) is 0 Å². The van der Waals surface area contributed by atoms with Crippen molar-refractivity contribution in [2.45, 2.75) is 45.1 Å². The number of ether oxygens (including phenoxy) is 1. The predicted molar refractivity (Wildman–Crippen MR) is 72.7 cm³/mol. The van der Waals surface area contributed by atoms with Gasteiger partial charge in [0.15, 0.2) is 0 Å². The quantitative estimate of drug-likeness (QED) is 0.846. The number of methoxy groups -OCH3 is 1. The lowest BCUT2D eigenvalue weighted by Gasteiger charge is -2.29. The van der Waals surface area contributed by atoms with Crippen LogP contribution in [0.25, 0.3) is 0 Å². The SMILES string of the molecule is CCC1CCC(Nc2ccccc2OC)CC1. The smallest absolute Gasteiger partial charge is 0.141 e. The fraction of sp³-hybridized carbons (Fsp3) is 0.600. The van der Waals surface area contributed by atoms with Gasteiger partial charge in [-0.25, -0.2) is 0 Å². The van der Waals surface area contributed by atoms with Crippen molar-refractivity contribution in [1.82, 2.24) is 0 Å². The summed E-state index contributed by atoms with van der Waals surface area (Å²) in [6, 6.07) is 8.81. The third kappa shape index (κ3) is 3.15. The summed E-state index contributed by atoms with van der Waals surface area (Å²) in [5.74, 6) is 1.90. The third-order valence-corrected chi connectivity index (χ3v) is 3.89. The molecule has 1 aliphatic rings. The Labute approximate surface area is 104 Å². The minimum Gasteiger partial charge on any atom is -0.495 e. The molecule has 17 heavy (non-hydrogen) atoms. The van der Waals surface area contributed by atoms with E-state index >= 15 is 0 Å². The maximum absolute atomic E-state index is 5.37. The van der Waals surface area contributed by atoms with Gasteiger partial charge in [-0.15, -0.1) is 0 Å². The first-order chi connectivity index (χ1) is 8.33. The van der Waals surface area contributed by atoms with Crippen LogP contribution in [0.4, 0.5) is 5.69 Å². The molecule has 0 atom stereocenters.